The standard InChI is InChI=1S/C15H24N2/c1-3-13-9-5-6-10-14(4-2)17(13)15-11-7-8-12-16-15/h7-8,11-14H,3-6,9-10H2,1-2H3. The summed E-state index contributed by atoms with van der Waals surface area (Å²) in [5.41, 5.74) is 0. The first-order valence-electron chi connectivity index (χ1n) is 7.06. The van der Waals surface area contributed by atoms with Crippen LogP contribution in [0.3, 0.4) is 0 Å². The van der Waals surface area contributed by atoms with E-state index in [9.17, 15) is 0 Å². The zero-order valence-electron chi connectivity index (χ0n) is 11.1. The lowest BCUT2D eigenvalue weighted by Gasteiger charge is -2.36. The van der Waals surface area contributed by atoms with Crippen LogP contribution in [0.25, 0.3) is 0 Å². The van der Waals surface area contributed by atoms with Gasteiger partial charge in [-0.2, -0.15) is 0 Å². The van der Waals surface area contributed by atoms with Gasteiger partial charge in [-0.25, -0.2) is 4.98 Å². The summed E-state index contributed by atoms with van der Waals surface area (Å²) in [5.74, 6) is 1.17. The van der Waals surface area contributed by atoms with Gasteiger partial charge in [0, 0.05) is 18.3 Å². The summed E-state index contributed by atoms with van der Waals surface area (Å²) in [6.45, 7) is 4.61. The van der Waals surface area contributed by atoms with E-state index in [-0.39, 0.29) is 0 Å². The second kappa shape index (κ2) is 6.04. The first-order valence-corrected chi connectivity index (χ1v) is 7.06. The minimum atomic E-state index is 0.678. The number of hydrogen-bond acceptors (Lipinski definition) is 2. The van der Waals surface area contributed by atoms with E-state index in [0.29, 0.717) is 12.1 Å². The number of anilines is 1. The van der Waals surface area contributed by atoms with Crippen LogP contribution in [0, 0.1) is 0 Å². The third kappa shape index (κ3) is 2.80. The van der Waals surface area contributed by atoms with Gasteiger partial charge in [0.05, 0.1) is 0 Å². The quantitative estimate of drug-likeness (QED) is 0.782. The molecule has 0 saturated carbocycles. The SMILES string of the molecule is CCC1CCCCC(CC)N1c1ccccn1. The van der Waals surface area contributed by atoms with Crippen molar-refractivity contribution in [1.29, 1.82) is 0 Å². The molecule has 0 N–H and O–H groups in total. The third-order valence-corrected chi connectivity index (χ3v) is 3.97. The van der Waals surface area contributed by atoms with Crippen LogP contribution < -0.4 is 4.90 Å². The highest BCUT2D eigenvalue weighted by atomic mass is 15.2. The Balaban J connectivity index is 2.28. The van der Waals surface area contributed by atoms with Crippen molar-refractivity contribution in [3.05, 3.63) is 24.4 Å². The van der Waals surface area contributed by atoms with E-state index in [1.807, 2.05) is 12.3 Å². The molecule has 1 aliphatic rings. The highest BCUT2D eigenvalue weighted by molar-refractivity contribution is 5.41. The van der Waals surface area contributed by atoms with Gasteiger partial charge in [0.1, 0.15) is 5.82 Å². The predicted octanol–water partition coefficient (Wildman–Crippen LogP) is 4.02. The number of aromatic nitrogens is 1. The van der Waals surface area contributed by atoms with Crippen LogP contribution in [-0.4, -0.2) is 17.1 Å². The number of rotatable bonds is 3. The van der Waals surface area contributed by atoms with Gasteiger partial charge in [-0.15, -0.1) is 0 Å². The van der Waals surface area contributed by atoms with Gasteiger partial charge in [0.15, 0.2) is 0 Å². The molecule has 1 aliphatic heterocycles. The van der Waals surface area contributed by atoms with Gasteiger partial charge in [0.2, 0.25) is 0 Å². The van der Waals surface area contributed by atoms with Gasteiger partial charge in [-0.3, -0.25) is 0 Å². The van der Waals surface area contributed by atoms with Gasteiger partial charge in [0.25, 0.3) is 0 Å². The van der Waals surface area contributed by atoms with Crippen LogP contribution >= 0.6 is 0 Å². The Morgan fingerprint density at radius 3 is 2.24 bits per heavy atom. The van der Waals surface area contributed by atoms with Gasteiger partial charge >= 0.3 is 0 Å². The summed E-state index contributed by atoms with van der Waals surface area (Å²) in [7, 11) is 0. The number of pyridine rings is 1. The highest BCUT2D eigenvalue weighted by Gasteiger charge is 2.27. The molecule has 1 aromatic heterocycles. The van der Waals surface area contributed by atoms with Crippen LogP contribution in [0.1, 0.15) is 52.4 Å². The fourth-order valence-electron chi connectivity index (χ4n) is 3.02. The third-order valence-electron chi connectivity index (χ3n) is 3.97. The first-order chi connectivity index (χ1) is 8.36. The molecule has 2 unspecified atom stereocenters. The summed E-state index contributed by atoms with van der Waals surface area (Å²) >= 11 is 0. The van der Waals surface area contributed by atoms with Crippen LogP contribution in [0.15, 0.2) is 24.4 Å². The summed E-state index contributed by atoms with van der Waals surface area (Å²) in [4.78, 5) is 7.16. The lowest BCUT2D eigenvalue weighted by Crippen LogP contribution is -2.42. The highest BCUT2D eigenvalue weighted by Crippen LogP contribution is 2.29. The Labute approximate surface area is 105 Å². The second-order valence-electron chi connectivity index (χ2n) is 5.00. The van der Waals surface area contributed by atoms with E-state index >= 15 is 0 Å². The number of hydrogen-bond donors (Lipinski definition) is 0. The monoisotopic (exact) mass is 232 g/mol. The molecule has 0 aliphatic carbocycles. The van der Waals surface area contributed by atoms with Crippen LogP contribution in [0.5, 0.6) is 0 Å². The molecule has 0 bridgehead atoms. The van der Waals surface area contributed by atoms with E-state index < -0.39 is 0 Å². The Morgan fingerprint density at radius 1 is 1.12 bits per heavy atom. The summed E-state index contributed by atoms with van der Waals surface area (Å²) < 4.78 is 0. The molecule has 2 atom stereocenters. The Hall–Kier alpha value is -1.05. The molecule has 2 rings (SSSR count). The molecule has 1 saturated heterocycles. The van der Waals surface area contributed by atoms with Crippen molar-refractivity contribution in [3.63, 3.8) is 0 Å². The van der Waals surface area contributed by atoms with Crippen molar-refractivity contribution >= 4 is 5.82 Å². The molecule has 0 spiro atoms. The van der Waals surface area contributed by atoms with E-state index in [1.165, 1.54) is 44.3 Å². The normalized spacial score (nSPS) is 25.6. The predicted molar refractivity (Wildman–Crippen MR) is 73.3 cm³/mol. The van der Waals surface area contributed by atoms with E-state index in [4.69, 9.17) is 0 Å². The average molecular weight is 232 g/mol. The number of nitrogens with zero attached hydrogens (tertiary/aromatic N) is 2. The molecular weight excluding hydrogens is 208 g/mol. The second-order valence-corrected chi connectivity index (χ2v) is 5.00. The maximum atomic E-state index is 4.57. The Morgan fingerprint density at radius 2 is 1.76 bits per heavy atom. The molecule has 0 amide bonds. The molecule has 2 nitrogen and oxygen atoms in total. The molecule has 94 valence electrons. The van der Waals surface area contributed by atoms with E-state index in [0.717, 1.165) is 0 Å². The summed E-state index contributed by atoms with van der Waals surface area (Å²) in [6.07, 6.45) is 9.77. The Bertz CT molecular complexity index is 309. The molecule has 2 heterocycles. The van der Waals surface area contributed by atoms with Crippen LogP contribution in [0.4, 0.5) is 5.82 Å². The molecule has 2 heteroatoms. The minimum absolute atomic E-state index is 0.678. The maximum absolute atomic E-state index is 4.57. The first kappa shape index (κ1) is 12.4. The smallest absolute Gasteiger partial charge is 0.128 e. The zero-order chi connectivity index (χ0) is 12.1. The van der Waals surface area contributed by atoms with Crippen LogP contribution in [0.2, 0.25) is 0 Å². The molecular formula is C15H24N2. The van der Waals surface area contributed by atoms with Crippen molar-refractivity contribution in [3.8, 4) is 0 Å². The van der Waals surface area contributed by atoms with Crippen molar-refractivity contribution in [1.82, 2.24) is 4.98 Å². The minimum Gasteiger partial charge on any atom is -0.351 e. The fourth-order valence-corrected chi connectivity index (χ4v) is 3.02. The van der Waals surface area contributed by atoms with Crippen molar-refractivity contribution in [2.45, 2.75) is 64.5 Å². The van der Waals surface area contributed by atoms with E-state index in [2.05, 4.69) is 35.9 Å². The van der Waals surface area contributed by atoms with Crippen molar-refractivity contribution in [2.24, 2.45) is 0 Å². The maximum Gasteiger partial charge on any atom is 0.128 e. The molecule has 0 aromatic carbocycles. The van der Waals surface area contributed by atoms with Gasteiger partial charge in [-0.05, 0) is 37.8 Å². The van der Waals surface area contributed by atoms with Crippen LogP contribution in [-0.2, 0) is 0 Å². The lowest BCUT2D eigenvalue weighted by atomic mass is 10.1. The van der Waals surface area contributed by atoms with Crippen molar-refractivity contribution < 1.29 is 0 Å². The molecule has 0 radical (unpaired) electrons. The molecule has 1 aromatic rings. The topological polar surface area (TPSA) is 16.1 Å². The fraction of sp³-hybridized carbons (Fsp3) is 0.667. The van der Waals surface area contributed by atoms with Crippen molar-refractivity contribution in [2.75, 3.05) is 4.90 Å². The van der Waals surface area contributed by atoms with Gasteiger partial charge < -0.3 is 4.90 Å². The largest absolute Gasteiger partial charge is 0.351 e. The molecule has 1 fully saturated rings. The van der Waals surface area contributed by atoms with E-state index in [1.54, 1.807) is 0 Å². The Kier molecular flexibility index (Phi) is 4.41. The average Bonchev–Trinajstić information content (AvgIpc) is 2.61. The van der Waals surface area contributed by atoms with Gasteiger partial charge in [-0.1, -0.05) is 32.8 Å². The summed E-state index contributed by atoms with van der Waals surface area (Å²) in [5, 5.41) is 0. The summed E-state index contributed by atoms with van der Waals surface area (Å²) in [6, 6.07) is 7.63. The molecule has 17 heavy (non-hydrogen) atoms. The zero-order valence-corrected chi connectivity index (χ0v) is 11.1. The lowest BCUT2D eigenvalue weighted by molar-refractivity contribution is 0.482.